The van der Waals surface area contributed by atoms with Crippen LogP contribution in [0.3, 0.4) is 0 Å². The number of nitrogens with zero attached hydrogens (tertiary/aromatic N) is 2. The van der Waals surface area contributed by atoms with Gasteiger partial charge in [-0.15, -0.1) is 0 Å². The quantitative estimate of drug-likeness (QED) is 0.779. The van der Waals surface area contributed by atoms with E-state index in [0.29, 0.717) is 6.54 Å². The molecule has 5 nitrogen and oxygen atoms in total. The first-order chi connectivity index (χ1) is 10.6. The molecule has 2 N–H and O–H groups in total. The van der Waals surface area contributed by atoms with Gasteiger partial charge in [0.25, 0.3) is 0 Å². The number of fused-ring (bicyclic) bond motifs is 1. The maximum absolute atomic E-state index is 12.0. The average Bonchev–Trinajstić information content (AvgIpc) is 2.87. The molecule has 1 aromatic carbocycles. The Bertz CT molecular complexity index is 802. The minimum atomic E-state index is -0.222. The molecule has 0 spiro atoms. The molecule has 0 saturated heterocycles. The van der Waals surface area contributed by atoms with Gasteiger partial charge in [0, 0.05) is 24.0 Å². The maximum Gasteiger partial charge on any atom is 0.319 e. The molecule has 0 radical (unpaired) electrons. The predicted octanol–water partition coefficient (Wildman–Crippen LogP) is 3.27. The van der Waals surface area contributed by atoms with E-state index in [4.69, 9.17) is 0 Å². The number of pyridine rings is 1. The molecule has 0 aliphatic rings. The number of nitrogens with one attached hydrogen (secondary N) is 2. The van der Waals surface area contributed by atoms with E-state index in [-0.39, 0.29) is 6.03 Å². The van der Waals surface area contributed by atoms with Crippen LogP contribution in [0, 0.1) is 13.8 Å². The highest BCUT2D eigenvalue weighted by Crippen LogP contribution is 2.14. The molecule has 5 heteroatoms. The van der Waals surface area contributed by atoms with Crippen molar-refractivity contribution in [2.75, 3.05) is 5.32 Å². The summed E-state index contributed by atoms with van der Waals surface area (Å²) in [6, 6.07) is 11.6. The normalized spacial score (nSPS) is 10.6. The van der Waals surface area contributed by atoms with Gasteiger partial charge in [-0.05, 0) is 49.2 Å². The molecule has 22 heavy (non-hydrogen) atoms. The number of hydrogen-bond acceptors (Lipinski definition) is 2. The molecule has 0 fully saturated rings. The molecule has 112 valence electrons. The van der Waals surface area contributed by atoms with Crippen molar-refractivity contribution in [3.05, 3.63) is 65.5 Å². The lowest BCUT2D eigenvalue weighted by atomic mass is 10.1. The molecule has 3 rings (SSSR count). The van der Waals surface area contributed by atoms with E-state index < -0.39 is 0 Å². The first-order valence-corrected chi connectivity index (χ1v) is 7.16. The fourth-order valence-electron chi connectivity index (χ4n) is 2.52. The molecular weight excluding hydrogens is 276 g/mol. The topological polar surface area (TPSA) is 58.4 Å². The Morgan fingerprint density at radius 2 is 1.95 bits per heavy atom. The standard InChI is InChI=1S/C17H18N4O/c1-12-7-13(2)9-15(8-12)20-17(22)18-10-14-11-19-21-6-4-3-5-16(14)21/h3-9,11H,10H2,1-2H3,(H2,18,20,22). The molecular formula is C17H18N4O. The van der Waals surface area contributed by atoms with Gasteiger partial charge < -0.3 is 10.6 Å². The van der Waals surface area contributed by atoms with E-state index >= 15 is 0 Å². The highest BCUT2D eigenvalue weighted by atomic mass is 16.2. The van der Waals surface area contributed by atoms with Crippen molar-refractivity contribution < 1.29 is 4.79 Å². The Kier molecular flexibility index (Phi) is 3.78. The predicted molar refractivity (Wildman–Crippen MR) is 87.0 cm³/mol. The Morgan fingerprint density at radius 1 is 1.18 bits per heavy atom. The Hall–Kier alpha value is -2.82. The number of carbonyl (C=O) groups excluding carboxylic acids is 1. The highest BCUT2D eigenvalue weighted by molar-refractivity contribution is 5.89. The highest BCUT2D eigenvalue weighted by Gasteiger charge is 2.06. The minimum absolute atomic E-state index is 0.222. The number of rotatable bonds is 3. The van der Waals surface area contributed by atoms with Crippen LogP contribution in [-0.2, 0) is 6.54 Å². The number of urea groups is 1. The van der Waals surface area contributed by atoms with Crippen molar-refractivity contribution in [3.8, 4) is 0 Å². The molecule has 2 heterocycles. The van der Waals surface area contributed by atoms with Crippen LogP contribution in [0.1, 0.15) is 16.7 Å². The van der Waals surface area contributed by atoms with Gasteiger partial charge in [-0.25, -0.2) is 9.31 Å². The summed E-state index contributed by atoms with van der Waals surface area (Å²) < 4.78 is 1.79. The summed E-state index contributed by atoms with van der Waals surface area (Å²) in [5.41, 5.74) is 5.02. The molecule has 2 amide bonds. The van der Waals surface area contributed by atoms with Crippen molar-refractivity contribution in [1.29, 1.82) is 0 Å². The maximum atomic E-state index is 12.0. The van der Waals surface area contributed by atoms with Gasteiger partial charge in [0.15, 0.2) is 0 Å². The molecule has 0 aliphatic carbocycles. The van der Waals surface area contributed by atoms with Crippen LogP contribution in [0.5, 0.6) is 0 Å². The molecule has 0 aliphatic heterocycles. The lowest BCUT2D eigenvalue weighted by Gasteiger charge is -2.09. The average molecular weight is 294 g/mol. The van der Waals surface area contributed by atoms with E-state index in [1.54, 1.807) is 10.7 Å². The molecule has 0 atom stereocenters. The Balaban J connectivity index is 1.65. The zero-order valence-electron chi connectivity index (χ0n) is 12.6. The van der Waals surface area contributed by atoms with Gasteiger partial charge in [-0.1, -0.05) is 12.1 Å². The summed E-state index contributed by atoms with van der Waals surface area (Å²) in [4.78, 5) is 12.0. The smallest absolute Gasteiger partial charge is 0.319 e. The van der Waals surface area contributed by atoms with Gasteiger partial charge in [-0.2, -0.15) is 5.10 Å². The van der Waals surface area contributed by atoms with Crippen LogP contribution in [-0.4, -0.2) is 15.6 Å². The molecule has 3 aromatic rings. The lowest BCUT2D eigenvalue weighted by Crippen LogP contribution is -2.28. The summed E-state index contributed by atoms with van der Waals surface area (Å²) in [6.07, 6.45) is 3.65. The number of aryl methyl sites for hydroxylation is 2. The van der Waals surface area contributed by atoms with Crippen LogP contribution >= 0.6 is 0 Å². The SMILES string of the molecule is Cc1cc(C)cc(NC(=O)NCc2cnn3ccccc23)c1. The first-order valence-electron chi connectivity index (χ1n) is 7.16. The largest absolute Gasteiger partial charge is 0.334 e. The van der Waals surface area contributed by atoms with Crippen LogP contribution in [0.2, 0.25) is 0 Å². The second-order valence-corrected chi connectivity index (χ2v) is 5.38. The van der Waals surface area contributed by atoms with Gasteiger partial charge in [0.05, 0.1) is 11.7 Å². The second-order valence-electron chi connectivity index (χ2n) is 5.38. The lowest BCUT2D eigenvalue weighted by molar-refractivity contribution is 0.252. The summed E-state index contributed by atoms with van der Waals surface area (Å²) >= 11 is 0. The van der Waals surface area contributed by atoms with E-state index in [0.717, 1.165) is 27.9 Å². The van der Waals surface area contributed by atoms with E-state index in [2.05, 4.69) is 21.8 Å². The monoisotopic (exact) mass is 294 g/mol. The van der Waals surface area contributed by atoms with Gasteiger partial charge >= 0.3 is 6.03 Å². The van der Waals surface area contributed by atoms with Crippen LogP contribution in [0.25, 0.3) is 5.52 Å². The second kappa shape index (κ2) is 5.89. The molecule has 0 bridgehead atoms. The number of benzene rings is 1. The number of anilines is 1. The van der Waals surface area contributed by atoms with Crippen molar-refractivity contribution >= 4 is 17.2 Å². The summed E-state index contributed by atoms with van der Waals surface area (Å²) in [5.74, 6) is 0. The molecule has 0 unspecified atom stereocenters. The zero-order valence-corrected chi connectivity index (χ0v) is 12.6. The van der Waals surface area contributed by atoms with Crippen LogP contribution in [0.4, 0.5) is 10.5 Å². The summed E-state index contributed by atoms with van der Waals surface area (Å²) in [7, 11) is 0. The zero-order chi connectivity index (χ0) is 15.5. The first kappa shape index (κ1) is 14.1. The Morgan fingerprint density at radius 3 is 2.73 bits per heavy atom. The van der Waals surface area contributed by atoms with Crippen molar-refractivity contribution in [2.24, 2.45) is 0 Å². The van der Waals surface area contributed by atoms with Gasteiger partial charge in [-0.3, -0.25) is 0 Å². The third kappa shape index (κ3) is 3.09. The fraction of sp³-hybridized carbons (Fsp3) is 0.176. The van der Waals surface area contributed by atoms with Crippen LogP contribution in [0.15, 0.2) is 48.8 Å². The number of amides is 2. The Labute approximate surface area is 129 Å². The van der Waals surface area contributed by atoms with Gasteiger partial charge in [0.2, 0.25) is 0 Å². The fourth-order valence-corrected chi connectivity index (χ4v) is 2.52. The number of aromatic nitrogens is 2. The van der Waals surface area contributed by atoms with E-state index in [9.17, 15) is 4.79 Å². The van der Waals surface area contributed by atoms with Crippen LogP contribution < -0.4 is 10.6 Å². The van der Waals surface area contributed by atoms with Crippen molar-refractivity contribution in [2.45, 2.75) is 20.4 Å². The number of hydrogen-bond donors (Lipinski definition) is 2. The summed E-state index contributed by atoms with van der Waals surface area (Å²) in [6.45, 7) is 4.45. The minimum Gasteiger partial charge on any atom is -0.334 e. The molecule has 2 aromatic heterocycles. The van der Waals surface area contributed by atoms with Crippen molar-refractivity contribution in [3.63, 3.8) is 0 Å². The summed E-state index contributed by atoms with van der Waals surface area (Å²) in [5, 5.41) is 9.97. The number of carbonyl (C=O) groups is 1. The van der Waals surface area contributed by atoms with Crippen molar-refractivity contribution in [1.82, 2.24) is 14.9 Å². The van der Waals surface area contributed by atoms with Gasteiger partial charge in [0.1, 0.15) is 0 Å². The van der Waals surface area contributed by atoms with E-state index in [1.807, 2.05) is 50.4 Å². The third-order valence-corrected chi connectivity index (χ3v) is 3.43. The van der Waals surface area contributed by atoms with E-state index in [1.165, 1.54) is 0 Å². The third-order valence-electron chi connectivity index (χ3n) is 3.43. The molecule has 0 saturated carbocycles.